The lowest BCUT2D eigenvalue weighted by atomic mass is 9.78. The smallest absolute Gasteiger partial charge is 0.142 e. The maximum absolute atomic E-state index is 5.43. The minimum atomic E-state index is 0.518. The number of anilines is 1. The zero-order valence-corrected chi connectivity index (χ0v) is 12.4. The molecule has 2 rings (SSSR count). The van der Waals surface area contributed by atoms with E-state index in [2.05, 4.69) is 19.2 Å². The quantitative estimate of drug-likeness (QED) is 0.892. The molecule has 0 radical (unpaired) electrons. The van der Waals surface area contributed by atoms with Gasteiger partial charge in [0.15, 0.2) is 0 Å². The summed E-state index contributed by atoms with van der Waals surface area (Å²) < 4.78 is 10.7. The van der Waals surface area contributed by atoms with Crippen molar-refractivity contribution in [2.45, 2.75) is 39.2 Å². The van der Waals surface area contributed by atoms with E-state index in [0.717, 1.165) is 23.1 Å². The van der Waals surface area contributed by atoms with E-state index < -0.39 is 0 Å². The monoisotopic (exact) mass is 263 g/mol. The Morgan fingerprint density at radius 2 is 1.89 bits per heavy atom. The van der Waals surface area contributed by atoms with Gasteiger partial charge in [-0.1, -0.05) is 26.7 Å². The van der Waals surface area contributed by atoms with Crippen LogP contribution in [0.3, 0.4) is 0 Å². The van der Waals surface area contributed by atoms with E-state index in [1.165, 1.54) is 19.3 Å². The molecule has 1 fully saturated rings. The maximum atomic E-state index is 5.43. The summed E-state index contributed by atoms with van der Waals surface area (Å²) in [5.74, 6) is 3.21. The Morgan fingerprint density at radius 1 is 1.11 bits per heavy atom. The number of hydrogen-bond acceptors (Lipinski definition) is 3. The average molecular weight is 263 g/mol. The average Bonchev–Trinajstić information content (AvgIpc) is 2.43. The summed E-state index contributed by atoms with van der Waals surface area (Å²) in [5, 5.41) is 3.65. The van der Waals surface area contributed by atoms with Gasteiger partial charge in [0.25, 0.3) is 0 Å². The van der Waals surface area contributed by atoms with Gasteiger partial charge >= 0.3 is 0 Å². The number of ether oxygens (including phenoxy) is 2. The van der Waals surface area contributed by atoms with Gasteiger partial charge in [0, 0.05) is 12.1 Å². The van der Waals surface area contributed by atoms with Crippen molar-refractivity contribution in [1.82, 2.24) is 0 Å². The van der Waals surface area contributed by atoms with E-state index in [1.807, 2.05) is 18.2 Å². The van der Waals surface area contributed by atoms with Crippen molar-refractivity contribution in [2.24, 2.45) is 11.8 Å². The Bertz CT molecular complexity index is 419. The van der Waals surface area contributed by atoms with Gasteiger partial charge in [-0.05, 0) is 30.4 Å². The fraction of sp³-hybridized carbons (Fsp3) is 0.625. The van der Waals surface area contributed by atoms with E-state index >= 15 is 0 Å². The SMILES string of the molecule is COc1ccc(OC)c(NC2CCCC(C)C2C)c1. The standard InChI is InChI=1S/C16H25NO2/c1-11-6-5-7-14(12(11)2)17-15-10-13(18-3)8-9-16(15)19-4/h8-12,14,17H,5-7H2,1-4H3. The number of benzene rings is 1. The maximum Gasteiger partial charge on any atom is 0.142 e. The molecule has 0 heterocycles. The van der Waals surface area contributed by atoms with E-state index in [4.69, 9.17) is 9.47 Å². The highest BCUT2D eigenvalue weighted by Crippen LogP contribution is 2.35. The Kier molecular flexibility index (Phi) is 4.56. The molecule has 3 unspecified atom stereocenters. The molecule has 0 saturated heterocycles. The van der Waals surface area contributed by atoms with Crippen LogP contribution in [0.15, 0.2) is 18.2 Å². The lowest BCUT2D eigenvalue weighted by Gasteiger charge is -2.35. The predicted molar refractivity (Wildman–Crippen MR) is 79.1 cm³/mol. The number of nitrogens with one attached hydrogen (secondary N) is 1. The number of hydrogen-bond donors (Lipinski definition) is 1. The second kappa shape index (κ2) is 6.18. The highest BCUT2D eigenvalue weighted by Gasteiger charge is 2.27. The normalized spacial score (nSPS) is 26.8. The van der Waals surface area contributed by atoms with Crippen molar-refractivity contribution in [3.63, 3.8) is 0 Å². The van der Waals surface area contributed by atoms with Gasteiger partial charge < -0.3 is 14.8 Å². The molecule has 0 aromatic heterocycles. The highest BCUT2D eigenvalue weighted by atomic mass is 16.5. The number of rotatable bonds is 4. The summed E-state index contributed by atoms with van der Waals surface area (Å²) in [6, 6.07) is 6.42. The van der Waals surface area contributed by atoms with Gasteiger partial charge in [-0.2, -0.15) is 0 Å². The summed E-state index contributed by atoms with van der Waals surface area (Å²) in [6.07, 6.45) is 3.87. The third-order valence-electron chi connectivity index (χ3n) is 4.45. The van der Waals surface area contributed by atoms with Crippen LogP contribution in [0, 0.1) is 11.8 Å². The molecule has 1 saturated carbocycles. The first kappa shape index (κ1) is 14.0. The van der Waals surface area contributed by atoms with Crippen LogP contribution >= 0.6 is 0 Å². The topological polar surface area (TPSA) is 30.5 Å². The lowest BCUT2D eigenvalue weighted by molar-refractivity contribution is 0.252. The predicted octanol–water partition coefficient (Wildman–Crippen LogP) is 3.94. The molecule has 106 valence electrons. The van der Waals surface area contributed by atoms with Crippen LogP contribution in [0.1, 0.15) is 33.1 Å². The first-order chi connectivity index (χ1) is 9.15. The summed E-state index contributed by atoms with van der Waals surface area (Å²) in [6.45, 7) is 4.69. The second-order valence-electron chi connectivity index (χ2n) is 5.58. The zero-order valence-electron chi connectivity index (χ0n) is 12.4. The van der Waals surface area contributed by atoms with Crippen LogP contribution in [0.4, 0.5) is 5.69 Å². The lowest BCUT2D eigenvalue weighted by Crippen LogP contribution is -2.35. The van der Waals surface area contributed by atoms with Crippen molar-refractivity contribution in [2.75, 3.05) is 19.5 Å². The molecule has 0 spiro atoms. The van der Waals surface area contributed by atoms with E-state index in [0.29, 0.717) is 12.0 Å². The molecular formula is C16H25NO2. The van der Waals surface area contributed by atoms with Crippen molar-refractivity contribution in [3.8, 4) is 11.5 Å². The highest BCUT2D eigenvalue weighted by molar-refractivity contribution is 5.60. The van der Waals surface area contributed by atoms with E-state index in [9.17, 15) is 0 Å². The molecule has 1 aromatic rings. The molecule has 3 nitrogen and oxygen atoms in total. The minimum Gasteiger partial charge on any atom is -0.497 e. The van der Waals surface area contributed by atoms with E-state index in [1.54, 1.807) is 14.2 Å². The molecule has 19 heavy (non-hydrogen) atoms. The Balaban J connectivity index is 2.17. The largest absolute Gasteiger partial charge is 0.497 e. The molecule has 3 atom stereocenters. The molecule has 3 heteroatoms. The molecular weight excluding hydrogens is 238 g/mol. The summed E-state index contributed by atoms with van der Waals surface area (Å²) in [4.78, 5) is 0. The fourth-order valence-corrected chi connectivity index (χ4v) is 2.91. The van der Waals surface area contributed by atoms with Crippen LogP contribution in [-0.4, -0.2) is 20.3 Å². The third-order valence-corrected chi connectivity index (χ3v) is 4.45. The van der Waals surface area contributed by atoms with Crippen LogP contribution in [-0.2, 0) is 0 Å². The van der Waals surface area contributed by atoms with Crippen molar-refractivity contribution < 1.29 is 9.47 Å². The summed E-state index contributed by atoms with van der Waals surface area (Å²) >= 11 is 0. The van der Waals surface area contributed by atoms with Gasteiger partial charge in [0.2, 0.25) is 0 Å². The third kappa shape index (κ3) is 3.14. The summed E-state index contributed by atoms with van der Waals surface area (Å²) in [5.41, 5.74) is 1.04. The van der Waals surface area contributed by atoms with Gasteiger partial charge in [0.1, 0.15) is 11.5 Å². The second-order valence-corrected chi connectivity index (χ2v) is 5.58. The van der Waals surface area contributed by atoms with Gasteiger partial charge in [-0.15, -0.1) is 0 Å². The van der Waals surface area contributed by atoms with Crippen molar-refractivity contribution >= 4 is 5.69 Å². The molecule has 0 aliphatic heterocycles. The van der Waals surface area contributed by atoms with Gasteiger partial charge in [-0.3, -0.25) is 0 Å². The molecule has 1 aromatic carbocycles. The first-order valence-corrected chi connectivity index (χ1v) is 7.14. The molecule has 1 aliphatic rings. The van der Waals surface area contributed by atoms with Crippen LogP contribution in [0.5, 0.6) is 11.5 Å². The van der Waals surface area contributed by atoms with Crippen molar-refractivity contribution in [1.29, 1.82) is 0 Å². The fourth-order valence-electron chi connectivity index (χ4n) is 2.91. The molecule has 1 aliphatic carbocycles. The zero-order chi connectivity index (χ0) is 13.8. The van der Waals surface area contributed by atoms with Crippen LogP contribution < -0.4 is 14.8 Å². The van der Waals surface area contributed by atoms with Gasteiger partial charge in [0.05, 0.1) is 19.9 Å². The minimum absolute atomic E-state index is 0.518. The molecule has 0 amide bonds. The Morgan fingerprint density at radius 3 is 2.58 bits per heavy atom. The Labute approximate surface area is 116 Å². The van der Waals surface area contributed by atoms with E-state index in [-0.39, 0.29) is 0 Å². The first-order valence-electron chi connectivity index (χ1n) is 7.14. The Hall–Kier alpha value is -1.38. The number of methoxy groups -OCH3 is 2. The van der Waals surface area contributed by atoms with Crippen molar-refractivity contribution in [3.05, 3.63) is 18.2 Å². The van der Waals surface area contributed by atoms with Crippen LogP contribution in [0.25, 0.3) is 0 Å². The molecule has 1 N–H and O–H groups in total. The van der Waals surface area contributed by atoms with Gasteiger partial charge in [-0.25, -0.2) is 0 Å². The summed E-state index contributed by atoms with van der Waals surface area (Å²) in [7, 11) is 3.40. The van der Waals surface area contributed by atoms with Crippen LogP contribution in [0.2, 0.25) is 0 Å². The molecule has 0 bridgehead atoms.